The van der Waals surface area contributed by atoms with Gasteiger partial charge in [-0.3, -0.25) is 4.79 Å². The first kappa shape index (κ1) is 11.8. The smallest absolute Gasteiger partial charge is 0.226 e. The number of hydrogen-bond acceptors (Lipinski definition) is 3. The fourth-order valence-electron chi connectivity index (χ4n) is 1.57. The standard InChI is InChI=1S/C13H14N2OS/c14-12(10-4-2-1-3-5-10)8-13(16)15-11-6-7-17-9-11/h1-7,9,12H,8,14H2,(H,15,16). The lowest BCUT2D eigenvalue weighted by molar-refractivity contribution is -0.116. The molecule has 0 spiro atoms. The number of amides is 1. The third-order valence-electron chi connectivity index (χ3n) is 2.44. The Morgan fingerprint density at radius 2 is 2.06 bits per heavy atom. The predicted molar refractivity (Wildman–Crippen MR) is 70.9 cm³/mol. The summed E-state index contributed by atoms with van der Waals surface area (Å²) < 4.78 is 0. The van der Waals surface area contributed by atoms with Gasteiger partial charge in [-0.15, -0.1) is 0 Å². The van der Waals surface area contributed by atoms with Crippen molar-refractivity contribution in [3.8, 4) is 0 Å². The number of thiophene rings is 1. The average molecular weight is 246 g/mol. The van der Waals surface area contributed by atoms with E-state index in [1.165, 1.54) is 0 Å². The van der Waals surface area contributed by atoms with E-state index in [-0.39, 0.29) is 11.9 Å². The molecule has 0 aliphatic rings. The predicted octanol–water partition coefficient (Wildman–Crippen LogP) is 2.78. The lowest BCUT2D eigenvalue weighted by Crippen LogP contribution is -2.20. The first-order valence-corrected chi connectivity index (χ1v) is 6.32. The van der Waals surface area contributed by atoms with Crippen LogP contribution in [0.2, 0.25) is 0 Å². The van der Waals surface area contributed by atoms with Gasteiger partial charge in [0.05, 0.1) is 5.69 Å². The van der Waals surface area contributed by atoms with Crippen LogP contribution in [0.1, 0.15) is 18.0 Å². The molecule has 1 amide bonds. The first-order chi connectivity index (χ1) is 8.25. The second-order valence-corrected chi connectivity index (χ2v) is 4.56. The molecule has 0 saturated carbocycles. The fourth-order valence-corrected chi connectivity index (χ4v) is 2.15. The zero-order valence-electron chi connectivity index (χ0n) is 9.30. The average Bonchev–Trinajstić information content (AvgIpc) is 2.82. The molecule has 1 aromatic heterocycles. The molecule has 0 bridgehead atoms. The SMILES string of the molecule is NC(CC(=O)Nc1ccsc1)c1ccccc1. The van der Waals surface area contributed by atoms with Gasteiger partial charge in [-0.2, -0.15) is 11.3 Å². The molecule has 1 heterocycles. The quantitative estimate of drug-likeness (QED) is 0.871. The lowest BCUT2D eigenvalue weighted by atomic mass is 10.0. The second kappa shape index (κ2) is 5.61. The van der Waals surface area contributed by atoms with E-state index in [0.29, 0.717) is 6.42 Å². The van der Waals surface area contributed by atoms with Gasteiger partial charge in [0.1, 0.15) is 0 Å². The van der Waals surface area contributed by atoms with Crippen molar-refractivity contribution in [2.24, 2.45) is 5.73 Å². The number of anilines is 1. The Balaban J connectivity index is 1.91. The van der Waals surface area contributed by atoms with Crippen LogP contribution >= 0.6 is 11.3 Å². The molecule has 4 heteroatoms. The van der Waals surface area contributed by atoms with Gasteiger partial charge in [-0.05, 0) is 17.0 Å². The first-order valence-electron chi connectivity index (χ1n) is 5.38. The van der Waals surface area contributed by atoms with Crippen LogP contribution in [0.3, 0.4) is 0 Å². The van der Waals surface area contributed by atoms with E-state index in [9.17, 15) is 4.79 Å². The molecule has 3 N–H and O–H groups in total. The highest BCUT2D eigenvalue weighted by atomic mass is 32.1. The van der Waals surface area contributed by atoms with Crippen LogP contribution in [0, 0.1) is 0 Å². The molecule has 0 saturated heterocycles. The molecule has 0 radical (unpaired) electrons. The van der Waals surface area contributed by atoms with Crippen LogP contribution in [-0.4, -0.2) is 5.91 Å². The summed E-state index contributed by atoms with van der Waals surface area (Å²) in [5.41, 5.74) is 7.78. The van der Waals surface area contributed by atoms with E-state index in [2.05, 4.69) is 5.32 Å². The molecule has 1 unspecified atom stereocenters. The summed E-state index contributed by atoms with van der Waals surface area (Å²) in [7, 11) is 0. The summed E-state index contributed by atoms with van der Waals surface area (Å²) in [6, 6.07) is 11.3. The van der Waals surface area contributed by atoms with Crippen molar-refractivity contribution in [3.63, 3.8) is 0 Å². The van der Waals surface area contributed by atoms with Gasteiger partial charge >= 0.3 is 0 Å². The van der Waals surface area contributed by atoms with E-state index in [4.69, 9.17) is 5.73 Å². The number of carbonyl (C=O) groups excluding carboxylic acids is 1. The van der Waals surface area contributed by atoms with Gasteiger partial charge in [0.25, 0.3) is 0 Å². The van der Waals surface area contributed by atoms with Crippen LogP contribution in [0.4, 0.5) is 5.69 Å². The fraction of sp³-hybridized carbons (Fsp3) is 0.154. The molecule has 3 nitrogen and oxygen atoms in total. The Bertz CT molecular complexity index is 467. The van der Waals surface area contributed by atoms with Crippen molar-refractivity contribution < 1.29 is 4.79 Å². The number of nitrogens with two attached hydrogens (primary N) is 1. The van der Waals surface area contributed by atoms with Crippen LogP contribution in [0.5, 0.6) is 0 Å². The minimum Gasteiger partial charge on any atom is -0.325 e. The van der Waals surface area contributed by atoms with Crippen LogP contribution < -0.4 is 11.1 Å². The van der Waals surface area contributed by atoms with Gasteiger partial charge in [0.15, 0.2) is 0 Å². The molecule has 17 heavy (non-hydrogen) atoms. The Kier molecular flexibility index (Phi) is 3.90. The highest BCUT2D eigenvalue weighted by molar-refractivity contribution is 7.08. The largest absolute Gasteiger partial charge is 0.325 e. The maximum absolute atomic E-state index is 11.7. The summed E-state index contributed by atoms with van der Waals surface area (Å²) in [5.74, 6) is -0.0558. The zero-order chi connectivity index (χ0) is 12.1. The highest BCUT2D eigenvalue weighted by Gasteiger charge is 2.11. The summed E-state index contributed by atoms with van der Waals surface area (Å²) in [6.07, 6.45) is 0.292. The normalized spacial score (nSPS) is 12.1. The lowest BCUT2D eigenvalue weighted by Gasteiger charge is -2.11. The zero-order valence-corrected chi connectivity index (χ0v) is 10.1. The van der Waals surface area contributed by atoms with Crippen LogP contribution in [0.15, 0.2) is 47.2 Å². The third kappa shape index (κ3) is 3.41. The topological polar surface area (TPSA) is 55.1 Å². The minimum atomic E-state index is -0.255. The number of nitrogens with one attached hydrogen (secondary N) is 1. The molecule has 2 aromatic rings. The number of carbonyl (C=O) groups is 1. The Labute approximate surface area is 104 Å². The maximum atomic E-state index is 11.7. The van der Waals surface area contributed by atoms with Crippen molar-refractivity contribution in [1.29, 1.82) is 0 Å². The van der Waals surface area contributed by atoms with Crippen LogP contribution in [0.25, 0.3) is 0 Å². The van der Waals surface area contributed by atoms with Gasteiger partial charge in [-0.1, -0.05) is 30.3 Å². The number of benzene rings is 1. The summed E-state index contributed by atoms with van der Waals surface area (Å²) in [6.45, 7) is 0. The Morgan fingerprint density at radius 3 is 2.71 bits per heavy atom. The van der Waals surface area contributed by atoms with Gasteiger partial charge in [-0.25, -0.2) is 0 Å². The molecule has 88 valence electrons. The van der Waals surface area contributed by atoms with Crippen LogP contribution in [-0.2, 0) is 4.79 Å². The summed E-state index contributed by atoms with van der Waals surface area (Å²) in [4.78, 5) is 11.7. The Hall–Kier alpha value is -1.65. The van der Waals surface area contributed by atoms with Gasteiger partial charge < -0.3 is 11.1 Å². The molecule has 1 aromatic carbocycles. The van der Waals surface area contributed by atoms with E-state index in [0.717, 1.165) is 11.3 Å². The highest BCUT2D eigenvalue weighted by Crippen LogP contribution is 2.16. The molecule has 1 atom stereocenters. The van der Waals surface area contributed by atoms with E-state index < -0.39 is 0 Å². The molecular formula is C13H14N2OS. The molecule has 0 aliphatic heterocycles. The third-order valence-corrected chi connectivity index (χ3v) is 3.12. The molecule has 0 fully saturated rings. The summed E-state index contributed by atoms with van der Waals surface area (Å²) >= 11 is 1.55. The second-order valence-electron chi connectivity index (χ2n) is 3.78. The number of hydrogen-bond donors (Lipinski definition) is 2. The van der Waals surface area contributed by atoms with E-state index >= 15 is 0 Å². The maximum Gasteiger partial charge on any atom is 0.226 e. The van der Waals surface area contributed by atoms with Gasteiger partial charge in [0.2, 0.25) is 5.91 Å². The van der Waals surface area contributed by atoms with Crippen molar-refractivity contribution in [2.75, 3.05) is 5.32 Å². The van der Waals surface area contributed by atoms with Crippen molar-refractivity contribution in [1.82, 2.24) is 0 Å². The van der Waals surface area contributed by atoms with Gasteiger partial charge in [0, 0.05) is 17.8 Å². The minimum absolute atomic E-state index is 0.0558. The van der Waals surface area contributed by atoms with Crippen molar-refractivity contribution in [3.05, 3.63) is 52.7 Å². The van der Waals surface area contributed by atoms with Crippen molar-refractivity contribution >= 4 is 22.9 Å². The number of rotatable bonds is 4. The molecule has 0 aliphatic carbocycles. The molecule has 2 rings (SSSR count). The molecular weight excluding hydrogens is 232 g/mol. The van der Waals surface area contributed by atoms with Crippen molar-refractivity contribution in [2.45, 2.75) is 12.5 Å². The summed E-state index contributed by atoms with van der Waals surface area (Å²) in [5, 5.41) is 6.63. The van der Waals surface area contributed by atoms with E-state index in [1.807, 2.05) is 47.2 Å². The Morgan fingerprint density at radius 1 is 1.29 bits per heavy atom. The monoisotopic (exact) mass is 246 g/mol. The van der Waals surface area contributed by atoms with E-state index in [1.54, 1.807) is 11.3 Å².